The van der Waals surface area contributed by atoms with E-state index in [0.29, 0.717) is 12.8 Å². The van der Waals surface area contributed by atoms with E-state index in [1.54, 1.807) is 6.08 Å². The lowest BCUT2D eigenvalue weighted by Gasteiger charge is -2.48. The summed E-state index contributed by atoms with van der Waals surface area (Å²) in [5.74, 6) is -0.302. The van der Waals surface area contributed by atoms with Crippen molar-refractivity contribution in [1.82, 2.24) is 5.32 Å². The number of amides is 1. The second-order valence-electron chi connectivity index (χ2n) is 18.6. The van der Waals surface area contributed by atoms with Gasteiger partial charge in [-0.25, -0.2) is 0 Å². The highest BCUT2D eigenvalue weighted by atomic mass is 16.8. The van der Waals surface area contributed by atoms with Crippen LogP contribution in [-0.4, -0.2) is 193 Å². The Hall–Kier alpha value is -1.99. The Labute approximate surface area is 409 Å². The van der Waals surface area contributed by atoms with Crippen molar-refractivity contribution in [2.45, 2.75) is 247 Å². The minimum Gasteiger partial charge on any atom is -0.394 e. The molecule has 17 atom stereocenters. The van der Waals surface area contributed by atoms with Crippen molar-refractivity contribution < 1.29 is 89.4 Å². The number of rotatable bonds is 35. The number of allylic oxidation sites excluding steroid dienone is 5. The maximum Gasteiger partial charge on any atom is 0.220 e. The van der Waals surface area contributed by atoms with Gasteiger partial charge < -0.3 is 89.9 Å². The van der Waals surface area contributed by atoms with E-state index in [-0.39, 0.29) is 18.9 Å². The lowest BCUT2D eigenvalue weighted by Crippen LogP contribution is -2.66. The number of hydrogen-bond donors (Lipinski definition) is 12. The summed E-state index contributed by atoms with van der Waals surface area (Å²) in [5.41, 5.74) is 0. The van der Waals surface area contributed by atoms with Crippen molar-refractivity contribution in [1.29, 1.82) is 0 Å². The van der Waals surface area contributed by atoms with Gasteiger partial charge in [-0.1, -0.05) is 127 Å². The van der Waals surface area contributed by atoms with Crippen LogP contribution in [0.3, 0.4) is 0 Å². The normalized spacial score (nSPS) is 33.1. The molecule has 12 N–H and O–H groups in total. The van der Waals surface area contributed by atoms with E-state index in [1.165, 1.54) is 51.4 Å². The number of carbonyl (C=O) groups is 1. The minimum absolute atomic E-state index is 0.229. The second-order valence-corrected chi connectivity index (χ2v) is 18.6. The molecule has 0 spiro atoms. The van der Waals surface area contributed by atoms with Crippen LogP contribution < -0.4 is 5.32 Å². The highest BCUT2D eigenvalue weighted by Gasteiger charge is 2.53. The first-order chi connectivity index (χ1) is 33.3. The fourth-order valence-corrected chi connectivity index (χ4v) is 8.57. The summed E-state index contributed by atoms with van der Waals surface area (Å²) >= 11 is 0. The predicted molar refractivity (Wildman–Crippen MR) is 254 cm³/mol. The van der Waals surface area contributed by atoms with Gasteiger partial charge in [0.15, 0.2) is 18.9 Å². The monoisotopic (exact) mass is 992 g/mol. The van der Waals surface area contributed by atoms with Crippen LogP contribution >= 0.6 is 0 Å². The Morgan fingerprint density at radius 1 is 0.507 bits per heavy atom. The van der Waals surface area contributed by atoms with Crippen LogP contribution in [0.25, 0.3) is 0 Å². The first-order valence-electron chi connectivity index (χ1n) is 25.7. The van der Waals surface area contributed by atoms with Crippen LogP contribution in [0.15, 0.2) is 36.5 Å². The van der Waals surface area contributed by atoms with Gasteiger partial charge in [0.05, 0.1) is 38.6 Å². The van der Waals surface area contributed by atoms with Crippen LogP contribution in [0.2, 0.25) is 0 Å². The topological polar surface area (TPSA) is 307 Å². The maximum atomic E-state index is 13.1. The third-order valence-corrected chi connectivity index (χ3v) is 12.9. The molecule has 0 saturated carbocycles. The van der Waals surface area contributed by atoms with E-state index in [4.69, 9.17) is 28.4 Å². The number of ether oxygens (including phenoxy) is 6. The van der Waals surface area contributed by atoms with Crippen molar-refractivity contribution in [3.63, 3.8) is 0 Å². The first kappa shape index (κ1) is 61.3. The van der Waals surface area contributed by atoms with Crippen molar-refractivity contribution in [3.05, 3.63) is 36.5 Å². The van der Waals surface area contributed by atoms with Gasteiger partial charge in [0, 0.05) is 6.42 Å². The molecule has 0 aromatic rings. The predicted octanol–water partition coefficient (Wildman–Crippen LogP) is 1.81. The second kappa shape index (κ2) is 35.2. The van der Waals surface area contributed by atoms with E-state index in [1.807, 2.05) is 6.08 Å². The van der Waals surface area contributed by atoms with Crippen LogP contribution in [0.4, 0.5) is 0 Å². The average molecular weight is 992 g/mol. The van der Waals surface area contributed by atoms with Gasteiger partial charge in [-0.05, 0) is 44.9 Å². The van der Waals surface area contributed by atoms with Gasteiger partial charge in [-0.2, -0.15) is 0 Å². The summed E-state index contributed by atoms with van der Waals surface area (Å²) in [5, 5.41) is 119. The number of nitrogens with one attached hydrogen (secondary N) is 1. The summed E-state index contributed by atoms with van der Waals surface area (Å²) in [6.07, 6.45) is 6.27. The van der Waals surface area contributed by atoms with E-state index in [9.17, 15) is 61.0 Å². The maximum absolute atomic E-state index is 13.1. The van der Waals surface area contributed by atoms with Gasteiger partial charge in [0.1, 0.15) is 73.2 Å². The van der Waals surface area contributed by atoms with Crippen LogP contribution in [0, 0.1) is 0 Å². The molecular weight excluding hydrogens is 903 g/mol. The Kier molecular flexibility index (Phi) is 31.3. The molecule has 1 amide bonds. The molecule has 17 unspecified atom stereocenters. The number of carbonyl (C=O) groups excluding carboxylic acids is 1. The molecule has 0 aliphatic carbocycles. The smallest absolute Gasteiger partial charge is 0.220 e. The molecule has 0 aromatic carbocycles. The van der Waals surface area contributed by atoms with Crippen molar-refractivity contribution in [2.75, 3.05) is 26.4 Å². The summed E-state index contributed by atoms with van der Waals surface area (Å²) in [4.78, 5) is 13.1. The molecule has 3 saturated heterocycles. The average Bonchev–Trinajstić information content (AvgIpc) is 3.34. The summed E-state index contributed by atoms with van der Waals surface area (Å²) in [6, 6.07) is -0.989. The molecule has 3 rings (SSSR count). The number of aliphatic hydroxyl groups is 11. The van der Waals surface area contributed by atoms with Crippen LogP contribution in [0.1, 0.15) is 142 Å². The molecular formula is C50H89NO18. The Morgan fingerprint density at radius 2 is 0.928 bits per heavy atom. The first-order valence-corrected chi connectivity index (χ1v) is 25.7. The van der Waals surface area contributed by atoms with Gasteiger partial charge >= 0.3 is 0 Å². The largest absolute Gasteiger partial charge is 0.394 e. The highest BCUT2D eigenvalue weighted by molar-refractivity contribution is 5.76. The van der Waals surface area contributed by atoms with E-state index in [0.717, 1.165) is 57.8 Å². The summed E-state index contributed by atoms with van der Waals surface area (Å²) in [7, 11) is 0. The molecule has 0 aromatic heterocycles. The van der Waals surface area contributed by atoms with E-state index < -0.39 is 124 Å². The summed E-state index contributed by atoms with van der Waals surface area (Å²) in [6.45, 7) is 1.57. The molecule has 402 valence electrons. The SMILES string of the molecule is CCCCCCCCCC/C=C/CC/C=C/CC/C=C/C(O)C(COC1OC(CO)C(OC2OC(CO)C(OC3OC(CO)C(O)C(O)C3O)C(O)C2O)C(O)C1O)NC(=O)CCCCCCCC. The van der Waals surface area contributed by atoms with Crippen molar-refractivity contribution in [2.24, 2.45) is 0 Å². The van der Waals surface area contributed by atoms with E-state index in [2.05, 4.69) is 43.5 Å². The lowest BCUT2D eigenvalue weighted by molar-refractivity contribution is -0.379. The zero-order valence-electron chi connectivity index (χ0n) is 41.0. The fraction of sp³-hybridized carbons (Fsp3) is 0.860. The zero-order valence-corrected chi connectivity index (χ0v) is 41.0. The molecule has 69 heavy (non-hydrogen) atoms. The van der Waals surface area contributed by atoms with Crippen molar-refractivity contribution in [3.8, 4) is 0 Å². The Morgan fingerprint density at radius 3 is 1.45 bits per heavy atom. The van der Waals surface area contributed by atoms with Gasteiger partial charge in [0.25, 0.3) is 0 Å². The van der Waals surface area contributed by atoms with Crippen molar-refractivity contribution >= 4 is 5.91 Å². The van der Waals surface area contributed by atoms with Gasteiger partial charge in [-0.15, -0.1) is 0 Å². The Balaban J connectivity index is 1.54. The third kappa shape index (κ3) is 21.2. The number of hydrogen-bond acceptors (Lipinski definition) is 18. The standard InChI is InChI=1S/C50H89NO18/c1-3-5-7-9-11-12-13-14-15-16-17-18-19-20-21-22-23-25-27-34(55)33(51-38(56)28-26-24-10-8-6-4-2)32-64-48-44(62)41(59)46(36(30-53)66-48)69-50-45(63)42(60)47(37(31-54)67-50)68-49-43(61)40(58)39(57)35(29-52)65-49/h16-17,20-21,25,27,33-37,39-50,52-55,57-63H,3-15,18-19,22-24,26,28-32H2,1-2H3,(H,51,56)/b17-16+,21-20+,27-25+. The Bertz CT molecular complexity index is 1420. The minimum atomic E-state index is -1.98. The molecule has 3 heterocycles. The molecule has 0 bridgehead atoms. The van der Waals surface area contributed by atoms with Gasteiger partial charge in [-0.3, -0.25) is 4.79 Å². The summed E-state index contributed by atoms with van der Waals surface area (Å²) < 4.78 is 34.0. The molecule has 3 aliphatic heterocycles. The van der Waals surface area contributed by atoms with E-state index >= 15 is 0 Å². The molecule has 3 fully saturated rings. The quantitative estimate of drug-likeness (QED) is 0.0318. The number of unbranched alkanes of at least 4 members (excludes halogenated alkanes) is 15. The van der Waals surface area contributed by atoms with Gasteiger partial charge in [0.2, 0.25) is 5.91 Å². The van der Waals surface area contributed by atoms with Crippen LogP contribution in [0.5, 0.6) is 0 Å². The lowest BCUT2D eigenvalue weighted by atomic mass is 9.96. The fourth-order valence-electron chi connectivity index (χ4n) is 8.57. The van der Waals surface area contributed by atoms with Crippen LogP contribution in [-0.2, 0) is 33.2 Å². The molecule has 19 heteroatoms. The third-order valence-electron chi connectivity index (χ3n) is 12.9. The zero-order chi connectivity index (χ0) is 50.6. The molecule has 0 radical (unpaired) electrons. The molecule has 19 nitrogen and oxygen atoms in total. The number of aliphatic hydroxyl groups excluding tert-OH is 11. The highest BCUT2D eigenvalue weighted by Crippen LogP contribution is 2.33. The molecule has 3 aliphatic rings.